The molecule has 1 fully saturated rings. The Morgan fingerprint density at radius 2 is 0.954 bits per heavy atom. The minimum atomic E-state index is -3.51. The second kappa shape index (κ2) is 22.4. The van der Waals surface area contributed by atoms with Gasteiger partial charge in [-0.1, -0.05) is 72.3 Å². The highest BCUT2D eigenvalue weighted by Gasteiger charge is 2.64. The molecule has 0 aliphatic heterocycles. The molecule has 7 rings (SSSR count). The first kappa shape index (κ1) is 47.1. The third-order valence-corrected chi connectivity index (χ3v) is 12.0. The van der Waals surface area contributed by atoms with E-state index in [0.717, 1.165) is 28.0 Å². The minimum absolute atomic E-state index is 0.00474. The molecule has 6 aromatic carbocycles. The van der Waals surface area contributed by atoms with Crippen LogP contribution in [0.4, 0.5) is 8.78 Å². The summed E-state index contributed by atoms with van der Waals surface area (Å²) in [6, 6.07) is 41.6. The van der Waals surface area contributed by atoms with E-state index in [1.807, 2.05) is 79.7 Å². The van der Waals surface area contributed by atoms with Gasteiger partial charge < -0.3 is 42.6 Å². The van der Waals surface area contributed by atoms with Gasteiger partial charge in [0.05, 0.1) is 79.4 Å². The van der Waals surface area contributed by atoms with Crippen LogP contribution < -0.4 is 28.4 Å². The highest BCUT2D eigenvalue weighted by atomic mass is 35.5. The van der Waals surface area contributed by atoms with Crippen LogP contribution in [0.15, 0.2) is 140 Å². The van der Waals surface area contributed by atoms with E-state index in [9.17, 15) is 0 Å². The largest absolute Gasteiger partial charge is 0.497 e. The number of hydrogen-bond donors (Lipinski definition) is 0. The Hall–Kier alpha value is -5.85. The highest BCUT2D eigenvalue weighted by Crippen LogP contribution is 2.52. The molecule has 0 N–H and O–H groups in total. The molecule has 342 valence electrons. The standard InChI is InChI=1S/C53H55ClF2O9/c1-6-62-45-22-7-35(8-23-45)29-40-30-39(15-28-48(40)54)49-51(65-46-26-24-44(60-5)25-27-46)52(64-33-38-13-20-43(59-4)21-14-38)50(63-32-37-11-18-42(58-3)19-12-37)47(53(49,55)56)34-61-31-36-9-16-41(57-2)17-10-36/h7-28,30,47,49-52H,6,29,31-34H2,1-5H3/t47-,49+,50-,51+,52+/m1/s1. The summed E-state index contributed by atoms with van der Waals surface area (Å²) < 4.78 is 90.6. The third-order valence-electron chi connectivity index (χ3n) is 11.6. The van der Waals surface area contributed by atoms with E-state index in [0.29, 0.717) is 57.9 Å². The molecular formula is C53H55ClF2O9. The lowest BCUT2D eigenvalue weighted by atomic mass is 9.69. The second-order valence-electron chi connectivity index (χ2n) is 15.7. The molecule has 12 heteroatoms. The van der Waals surface area contributed by atoms with Crippen molar-refractivity contribution in [3.8, 4) is 34.5 Å². The lowest BCUT2D eigenvalue weighted by Gasteiger charge is -2.50. The Balaban J connectivity index is 1.33. The molecule has 5 atom stereocenters. The predicted octanol–water partition coefficient (Wildman–Crippen LogP) is 11.5. The summed E-state index contributed by atoms with van der Waals surface area (Å²) in [7, 11) is 6.32. The molecule has 0 heterocycles. The van der Waals surface area contributed by atoms with Crippen molar-refractivity contribution in [2.45, 2.75) is 63.3 Å². The molecule has 1 aliphatic rings. The van der Waals surface area contributed by atoms with Crippen LogP contribution in [-0.2, 0) is 40.5 Å². The first-order valence-electron chi connectivity index (χ1n) is 21.5. The summed E-state index contributed by atoms with van der Waals surface area (Å²) in [5.74, 6) is -2.93. The van der Waals surface area contributed by atoms with Crippen LogP contribution >= 0.6 is 11.6 Å². The maximum Gasteiger partial charge on any atom is 0.266 e. The van der Waals surface area contributed by atoms with Gasteiger partial charge in [-0.05, 0) is 126 Å². The summed E-state index contributed by atoms with van der Waals surface area (Å²) in [5.41, 5.74) is 4.28. The fourth-order valence-electron chi connectivity index (χ4n) is 8.11. The first-order valence-corrected chi connectivity index (χ1v) is 21.9. The number of rotatable bonds is 21. The minimum Gasteiger partial charge on any atom is -0.497 e. The van der Waals surface area contributed by atoms with Gasteiger partial charge in [0.15, 0.2) is 0 Å². The number of methoxy groups -OCH3 is 4. The molecule has 6 aromatic rings. The molecule has 9 nitrogen and oxygen atoms in total. The normalized spacial score (nSPS) is 19.0. The number of benzene rings is 6. The average Bonchev–Trinajstić information content (AvgIpc) is 3.33. The molecule has 65 heavy (non-hydrogen) atoms. The van der Waals surface area contributed by atoms with E-state index in [1.165, 1.54) is 0 Å². The second-order valence-corrected chi connectivity index (χ2v) is 16.1. The molecule has 0 unspecified atom stereocenters. The molecular weight excluding hydrogens is 854 g/mol. The quantitative estimate of drug-likeness (QED) is 0.0701. The Morgan fingerprint density at radius 1 is 0.508 bits per heavy atom. The van der Waals surface area contributed by atoms with Gasteiger partial charge in [0.2, 0.25) is 0 Å². The van der Waals surface area contributed by atoms with Crippen LogP contribution in [0.3, 0.4) is 0 Å². The van der Waals surface area contributed by atoms with E-state index >= 15 is 8.78 Å². The maximum absolute atomic E-state index is 18.4. The molecule has 0 aromatic heterocycles. The van der Waals surface area contributed by atoms with Gasteiger partial charge in [0, 0.05) is 5.02 Å². The van der Waals surface area contributed by atoms with Crippen molar-refractivity contribution in [2.75, 3.05) is 41.7 Å². The molecule has 0 bridgehead atoms. The third kappa shape index (κ3) is 11.9. The van der Waals surface area contributed by atoms with Crippen LogP contribution in [0.2, 0.25) is 5.02 Å². The van der Waals surface area contributed by atoms with Crippen molar-refractivity contribution in [2.24, 2.45) is 5.92 Å². The fourth-order valence-corrected chi connectivity index (χ4v) is 8.29. The Labute approximate surface area is 385 Å². The number of alkyl halides is 2. The van der Waals surface area contributed by atoms with Crippen molar-refractivity contribution in [3.05, 3.63) is 178 Å². The lowest BCUT2D eigenvalue weighted by molar-refractivity contribution is -0.257. The average molecular weight is 909 g/mol. The molecule has 0 radical (unpaired) electrons. The smallest absolute Gasteiger partial charge is 0.266 e. The van der Waals surface area contributed by atoms with Gasteiger partial charge in [0.1, 0.15) is 46.7 Å². The fraction of sp³-hybridized carbons (Fsp3) is 0.321. The summed E-state index contributed by atoms with van der Waals surface area (Å²) >= 11 is 6.87. The van der Waals surface area contributed by atoms with Gasteiger partial charge in [-0.2, -0.15) is 0 Å². The van der Waals surface area contributed by atoms with Crippen molar-refractivity contribution in [1.29, 1.82) is 0 Å². The van der Waals surface area contributed by atoms with Crippen LogP contribution in [0.5, 0.6) is 34.5 Å². The van der Waals surface area contributed by atoms with Crippen molar-refractivity contribution in [3.63, 3.8) is 0 Å². The van der Waals surface area contributed by atoms with Crippen LogP contribution in [0.25, 0.3) is 0 Å². The summed E-state index contributed by atoms with van der Waals surface area (Å²) in [5, 5.41) is 0.446. The molecule has 1 aliphatic carbocycles. The number of ether oxygens (including phenoxy) is 9. The Morgan fingerprint density at radius 3 is 1.46 bits per heavy atom. The lowest BCUT2D eigenvalue weighted by Crippen LogP contribution is -2.64. The zero-order valence-corrected chi connectivity index (χ0v) is 38.0. The summed E-state index contributed by atoms with van der Waals surface area (Å²) in [4.78, 5) is 0. The van der Waals surface area contributed by atoms with Crippen LogP contribution in [0.1, 0.15) is 46.2 Å². The van der Waals surface area contributed by atoms with E-state index in [4.69, 9.17) is 54.2 Å². The van der Waals surface area contributed by atoms with Gasteiger partial charge in [-0.3, -0.25) is 0 Å². The molecule has 1 saturated carbocycles. The predicted molar refractivity (Wildman–Crippen MR) is 246 cm³/mol. The van der Waals surface area contributed by atoms with E-state index in [2.05, 4.69) is 0 Å². The van der Waals surface area contributed by atoms with E-state index in [-0.39, 0.29) is 26.4 Å². The van der Waals surface area contributed by atoms with Crippen LogP contribution in [0, 0.1) is 5.92 Å². The van der Waals surface area contributed by atoms with E-state index < -0.39 is 36.1 Å². The Kier molecular flexibility index (Phi) is 16.2. The zero-order valence-electron chi connectivity index (χ0n) is 37.2. The topological polar surface area (TPSA) is 83.1 Å². The van der Waals surface area contributed by atoms with Crippen molar-refractivity contribution >= 4 is 11.6 Å². The zero-order chi connectivity index (χ0) is 45.8. The number of halogens is 3. The summed E-state index contributed by atoms with van der Waals surface area (Å²) in [6.07, 6.45) is -3.21. The van der Waals surface area contributed by atoms with E-state index in [1.54, 1.807) is 95.2 Å². The highest BCUT2D eigenvalue weighted by molar-refractivity contribution is 6.31. The number of hydrogen-bond acceptors (Lipinski definition) is 9. The molecule has 0 saturated heterocycles. The van der Waals surface area contributed by atoms with Crippen molar-refractivity contribution in [1.82, 2.24) is 0 Å². The van der Waals surface area contributed by atoms with Crippen LogP contribution in [-0.4, -0.2) is 65.9 Å². The Bertz CT molecular complexity index is 2380. The SMILES string of the molecule is CCOc1ccc(Cc2cc([C@H]3[C@H](Oc4ccc(OC)cc4)[C@@H](OCc4ccc(OC)cc4)[C@H](OCc4ccc(OC)cc4)[C@@H](COCc4ccc(OC)cc4)C3(F)F)ccc2Cl)cc1. The molecule has 0 spiro atoms. The maximum atomic E-state index is 18.4. The summed E-state index contributed by atoms with van der Waals surface area (Å²) in [6.45, 7) is 2.22. The monoisotopic (exact) mass is 908 g/mol. The van der Waals surface area contributed by atoms with Gasteiger partial charge in [0.25, 0.3) is 5.92 Å². The van der Waals surface area contributed by atoms with Gasteiger partial charge in [-0.15, -0.1) is 0 Å². The van der Waals surface area contributed by atoms with Gasteiger partial charge >= 0.3 is 0 Å². The van der Waals surface area contributed by atoms with Gasteiger partial charge in [-0.25, -0.2) is 8.78 Å². The first-order chi connectivity index (χ1) is 31.6. The van der Waals surface area contributed by atoms with Crippen molar-refractivity contribution < 1.29 is 51.4 Å². The molecule has 0 amide bonds.